The van der Waals surface area contributed by atoms with Crippen molar-refractivity contribution in [2.45, 2.75) is 25.1 Å². The minimum atomic E-state index is -3.49. The Bertz CT molecular complexity index is 1750. The summed E-state index contributed by atoms with van der Waals surface area (Å²) in [5.41, 5.74) is 0. The number of aliphatic hydroxyl groups excluding tert-OH is 5. The first-order valence-electron chi connectivity index (χ1n) is 18.4. The lowest BCUT2D eigenvalue weighted by molar-refractivity contribution is -0.145. The number of benzene rings is 3. The number of ether oxygens (including phenoxy) is 4. The lowest BCUT2D eigenvalue weighted by Gasteiger charge is -2.22. The molecular formula is C39H57O18P3. The molecule has 0 aliphatic heterocycles. The van der Waals surface area contributed by atoms with E-state index in [1.807, 2.05) is 0 Å². The van der Waals surface area contributed by atoms with Crippen molar-refractivity contribution >= 4 is 55.7 Å². The summed E-state index contributed by atoms with van der Waals surface area (Å²) in [6, 6.07) is 24.7. The maximum absolute atomic E-state index is 13.0. The largest absolute Gasteiger partial charge is 0.463 e. The molecule has 0 aliphatic carbocycles. The smallest absolute Gasteiger partial charge is 0.306 e. The van der Waals surface area contributed by atoms with Crippen LogP contribution in [0.25, 0.3) is 0 Å². The van der Waals surface area contributed by atoms with Crippen LogP contribution in [-0.4, -0.2) is 137 Å². The second-order valence-electron chi connectivity index (χ2n) is 11.8. The Labute approximate surface area is 349 Å². The van der Waals surface area contributed by atoms with Crippen LogP contribution in [0.2, 0.25) is 0 Å². The molecule has 3 rings (SSSR count). The highest BCUT2D eigenvalue weighted by molar-refractivity contribution is 7.72. The summed E-state index contributed by atoms with van der Waals surface area (Å²) in [7, 11) is -10.3. The Balaban J connectivity index is 0.000000863. The van der Waals surface area contributed by atoms with Gasteiger partial charge in [-0.3, -0.25) is 23.5 Å². The molecule has 21 heteroatoms. The van der Waals surface area contributed by atoms with Gasteiger partial charge in [-0.2, -0.15) is 4.67 Å². The topological polar surface area (TPSA) is 290 Å². The fourth-order valence-electron chi connectivity index (χ4n) is 4.58. The van der Waals surface area contributed by atoms with Crippen LogP contribution in [0.5, 0.6) is 0 Å². The van der Waals surface area contributed by atoms with Crippen molar-refractivity contribution in [3.63, 3.8) is 0 Å². The van der Waals surface area contributed by atoms with Gasteiger partial charge in [-0.15, -0.1) is 13.2 Å². The summed E-state index contributed by atoms with van der Waals surface area (Å²) in [6.07, 6.45) is -0.827. The third-order valence-electron chi connectivity index (χ3n) is 7.59. The highest BCUT2D eigenvalue weighted by Crippen LogP contribution is 2.49. The molecule has 7 N–H and O–H groups in total. The van der Waals surface area contributed by atoms with E-state index in [0.717, 1.165) is 0 Å². The van der Waals surface area contributed by atoms with E-state index in [4.69, 9.17) is 35.2 Å². The molecule has 60 heavy (non-hydrogen) atoms. The summed E-state index contributed by atoms with van der Waals surface area (Å²) >= 11 is 0. The molecule has 0 aromatic heterocycles. The van der Waals surface area contributed by atoms with E-state index in [0.29, 0.717) is 15.9 Å². The van der Waals surface area contributed by atoms with E-state index in [1.54, 1.807) is 91.0 Å². The van der Waals surface area contributed by atoms with Crippen molar-refractivity contribution < 1.29 is 87.4 Å². The van der Waals surface area contributed by atoms with E-state index in [-0.39, 0.29) is 90.6 Å². The van der Waals surface area contributed by atoms with E-state index in [9.17, 15) is 38.1 Å². The Morgan fingerprint density at radius 2 is 0.950 bits per heavy atom. The number of hydrogen-bond acceptors (Lipinski definition) is 17. The molecule has 0 fully saturated rings. The van der Waals surface area contributed by atoms with Gasteiger partial charge in [0.2, 0.25) is 7.37 Å². The average molecular weight is 907 g/mol. The molecule has 0 heterocycles. The molecule has 0 saturated heterocycles. The molecule has 336 valence electrons. The molecule has 18 nitrogen and oxygen atoms in total. The SMILES string of the molecule is C=C.O=C(CCP(=O)(O)c1ccccc1)OCCO.O=C(CCP(=O)(OO)c1ccccc1)OCCO.O=C(CCP(=O)(c1ccccc1)C(O)CO)OCCOCCO. The number of carbonyl (C=O) groups excluding carboxylic acids is 3. The van der Waals surface area contributed by atoms with Crippen molar-refractivity contribution in [3.8, 4) is 0 Å². The van der Waals surface area contributed by atoms with Crippen LogP contribution in [0, 0.1) is 0 Å². The first-order chi connectivity index (χ1) is 28.7. The maximum atomic E-state index is 13.0. The highest BCUT2D eigenvalue weighted by Gasteiger charge is 2.34. The quantitative estimate of drug-likeness (QED) is 0.0129. The van der Waals surface area contributed by atoms with Gasteiger partial charge in [0.25, 0.3) is 7.37 Å². The second kappa shape index (κ2) is 32.9. The zero-order valence-corrected chi connectivity index (χ0v) is 35.9. The number of esters is 3. The fourth-order valence-corrected chi connectivity index (χ4v) is 9.85. The summed E-state index contributed by atoms with van der Waals surface area (Å²) < 4.78 is 60.3. The van der Waals surface area contributed by atoms with Crippen LogP contribution in [0.1, 0.15) is 19.3 Å². The van der Waals surface area contributed by atoms with Gasteiger partial charge >= 0.3 is 17.9 Å². The van der Waals surface area contributed by atoms with Gasteiger partial charge in [-0.05, 0) is 24.3 Å². The minimum Gasteiger partial charge on any atom is -0.463 e. The first kappa shape index (κ1) is 56.1. The van der Waals surface area contributed by atoms with E-state index in [1.165, 1.54) is 0 Å². The zero-order valence-electron chi connectivity index (χ0n) is 33.2. The predicted octanol–water partition coefficient (Wildman–Crippen LogP) is 2.24. The standard InChI is InChI=1S/C15H23O7P.C11H15O6P.C11H15O5P.C2H4/c16-7-8-21-9-10-22-14(18)6-11-23(20,15(19)12-17)13-4-2-1-3-5-13;12-7-8-16-11(13)6-9-18(15,17-14)10-4-2-1-3-5-10;12-7-8-16-11(13)6-9-17(14,15)10-4-2-1-3-5-10;1-2/h1-5,15-17,19H,6-12H2;1-5,12,14H,6-9H2;1-5,12H,6-9H2,(H,14,15);1-2H2. The monoisotopic (exact) mass is 906 g/mol. The van der Waals surface area contributed by atoms with Crippen LogP contribution >= 0.6 is 21.9 Å². The number of rotatable bonds is 24. The van der Waals surface area contributed by atoms with Crippen LogP contribution < -0.4 is 15.9 Å². The third-order valence-corrected chi connectivity index (χ3v) is 14.9. The Morgan fingerprint density at radius 1 is 0.550 bits per heavy atom. The van der Waals surface area contributed by atoms with Crippen molar-refractivity contribution in [2.24, 2.45) is 0 Å². The van der Waals surface area contributed by atoms with E-state index in [2.05, 4.69) is 27.3 Å². The summed E-state index contributed by atoms with van der Waals surface area (Å²) in [4.78, 5) is 43.7. The molecule has 0 radical (unpaired) electrons. The number of aliphatic hydroxyl groups is 5. The van der Waals surface area contributed by atoms with Crippen LogP contribution in [-0.2, 0) is 51.7 Å². The highest BCUT2D eigenvalue weighted by atomic mass is 31.2. The molecule has 3 aromatic rings. The molecule has 4 atom stereocenters. The molecule has 3 aromatic carbocycles. The van der Waals surface area contributed by atoms with Gasteiger partial charge in [0.1, 0.15) is 32.8 Å². The van der Waals surface area contributed by atoms with Crippen LogP contribution in [0.15, 0.2) is 104 Å². The summed E-state index contributed by atoms with van der Waals surface area (Å²) in [5.74, 6) is -3.15. The summed E-state index contributed by atoms with van der Waals surface area (Å²) in [6.45, 7) is 4.93. The minimum absolute atomic E-state index is 0.0387. The normalized spacial score (nSPS) is 13.9. The predicted molar refractivity (Wildman–Crippen MR) is 225 cm³/mol. The molecule has 0 spiro atoms. The lowest BCUT2D eigenvalue weighted by Crippen LogP contribution is -2.24. The van der Waals surface area contributed by atoms with Gasteiger partial charge in [-0.1, -0.05) is 66.7 Å². The lowest BCUT2D eigenvalue weighted by atomic mass is 10.4. The van der Waals surface area contributed by atoms with Gasteiger partial charge in [0.05, 0.1) is 58.9 Å². The number of hydrogen-bond donors (Lipinski definition) is 7. The van der Waals surface area contributed by atoms with Gasteiger partial charge in [0.15, 0.2) is 0 Å². The maximum Gasteiger partial charge on any atom is 0.306 e. The van der Waals surface area contributed by atoms with Gasteiger partial charge < -0.3 is 53.9 Å². The van der Waals surface area contributed by atoms with Crippen molar-refractivity contribution in [1.82, 2.24) is 0 Å². The fraction of sp³-hybridized carbons (Fsp3) is 0.410. The van der Waals surface area contributed by atoms with Gasteiger partial charge in [0, 0.05) is 34.4 Å². The summed E-state index contributed by atoms with van der Waals surface area (Å²) in [5, 5.41) is 54.3. The molecular weight excluding hydrogens is 849 g/mol. The Kier molecular flexibility index (Phi) is 30.7. The van der Waals surface area contributed by atoms with E-state index < -0.39 is 52.2 Å². The van der Waals surface area contributed by atoms with Crippen molar-refractivity contribution in [1.29, 1.82) is 0 Å². The second-order valence-corrected chi connectivity index (χ2v) is 19.8. The zero-order chi connectivity index (χ0) is 45.3. The van der Waals surface area contributed by atoms with Crippen LogP contribution in [0.3, 0.4) is 0 Å². The van der Waals surface area contributed by atoms with Gasteiger partial charge in [-0.25, -0.2) is 5.26 Å². The average Bonchev–Trinajstić information content (AvgIpc) is 3.29. The molecule has 0 amide bonds. The van der Waals surface area contributed by atoms with Crippen molar-refractivity contribution in [2.75, 3.05) is 77.9 Å². The van der Waals surface area contributed by atoms with Crippen molar-refractivity contribution in [3.05, 3.63) is 104 Å². The van der Waals surface area contributed by atoms with E-state index >= 15 is 0 Å². The third kappa shape index (κ3) is 22.7. The Hall–Kier alpha value is -3.86. The molecule has 4 unspecified atom stereocenters. The molecule has 0 aliphatic rings. The molecule has 0 bridgehead atoms. The Morgan fingerprint density at radius 3 is 1.38 bits per heavy atom. The molecule has 0 saturated carbocycles. The van der Waals surface area contributed by atoms with Crippen LogP contribution in [0.4, 0.5) is 0 Å². The first-order valence-corrected chi connectivity index (χ1v) is 24.0. The number of carbonyl (C=O) groups is 3.